The average Bonchev–Trinajstić information content (AvgIpc) is 2.99. The number of aryl methyl sites for hydroxylation is 2. The van der Waals surface area contributed by atoms with Crippen LogP contribution >= 0.6 is 0 Å². The molecule has 0 aliphatic carbocycles. The number of carbonyl (C=O) groups excluding carboxylic acids is 1. The summed E-state index contributed by atoms with van der Waals surface area (Å²) in [6, 6.07) is 10.2. The van der Waals surface area contributed by atoms with Gasteiger partial charge in [0.2, 0.25) is 0 Å². The molecule has 1 amide bonds. The molecule has 1 aromatic carbocycles. The molecule has 0 fully saturated rings. The molecule has 2 heterocycles. The smallest absolute Gasteiger partial charge is 0.260 e. The maximum atomic E-state index is 12.2. The molecule has 1 aliphatic heterocycles. The summed E-state index contributed by atoms with van der Waals surface area (Å²) in [4.78, 5) is 14.0. The number of nitrogens with zero attached hydrogens (tertiary/aromatic N) is 2. The third kappa shape index (κ3) is 3.80. The van der Waals surface area contributed by atoms with Gasteiger partial charge in [-0.25, -0.2) is 0 Å². The molecule has 0 saturated carbocycles. The van der Waals surface area contributed by atoms with Crippen LogP contribution in [0.5, 0.6) is 5.88 Å². The molecular weight excluding hydrogens is 292 g/mol. The second-order valence-electron chi connectivity index (χ2n) is 5.75. The molecule has 120 valence electrons. The standard InChI is InChI=1S/C18H20N2O3/c1-13-3-5-15(6-4-13)16-7-9-20(10-8-16)18(21)12-22-17-11-14(2)23-19-17/h3-7,11H,8-10,12H2,1-2H3. The van der Waals surface area contributed by atoms with E-state index in [0.29, 0.717) is 24.7 Å². The van der Waals surface area contributed by atoms with E-state index in [9.17, 15) is 4.79 Å². The molecule has 1 aliphatic rings. The van der Waals surface area contributed by atoms with Crippen molar-refractivity contribution in [2.45, 2.75) is 20.3 Å². The van der Waals surface area contributed by atoms with Gasteiger partial charge in [-0.2, -0.15) is 0 Å². The van der Waals surface area contributed by atoms with Crippen LogP contribution < -0.4 is 4.74 Å². The van der Waals surface area contributed by atoms with E-state index in [-0.39, 0.29) is 12.5 Å². The minimum atomic E-state index is -0.0372. The Hall–Kier alpha value is -2.56. The van der Waals surface area contributed by atoms with Gasteiger partial charge in [0.1, 0.15) is 5.76 Å². The van der Waals surface area contributed by atoms with Gasteiger partial charge in [0.05, 0.1) is 0 Å². The number of benzene rings is 1. The number of hydrogen-bond donors (Lipinski definition) is 0. The van der Waals surface area contributed by atoms with E-state index in [1.807, 2.05) is 0 Å². The summed E-state index contributed by atoms with van der Waals surface area (Å²) in [6.07, 6.45) is 2.98. The van der Waals surface area contributed by atoms with Crippen molar-refractivity contribution < 1.29 is 14.1 Å². The Labute approximate surface area is 135 Å². The van der Waals surface area contributed by atoms with Gasteiger partial charge in [-0.3, -0.25) is 4.79 Å². The van der Waals surface area contributed by atoms with E-state index >= 15 is 0 Å². The summed E-state index contributed by atoms with van der Waals surface area (Å²) >= 11 is 0. The number of ether oxygens (including phenoxy) is 1. The van der Waals surface area contributed by atoms with Crippen LogP contribution in [-0.4, -0.2) is 35.7 Å². The lowest BCUT2D eigenvalue weighted by Gasteiger charge is -2.26. The first-order valence-corrected chi connectivity index (χ1v) is 7.72. The second-order valence-corrected chi connectivity index (χ2v) is 5.75. The van der Waals surface area contributed by atoms with Crippen LogP contribution in [0, 0.1) is 13.8 Å². The van der Waals surface area contributed by atoms with Crippen LogP contribution in [0.3, 0.4) is 0 Å². The Kier molecular flexibility index (Phi) is 4.46. The summed E-state index contributed by atoms with van der Waals surface area (Å²) in [6.45, 7) is 5.17. The van der Waals surface area contributed by atoms with E-state index in [0.717, 1.165) is 6.42 Å². The van der Waals surface area contributed by atoms with Crippen molar-refractivity contribution in [3.8, 4) is 5.88 Å². The molecular formula is C18H20N2O3. The highest BCUT2D eigenvalue weighted by Crippen LogP contribution is 2.22. The Morgan fingerprint density at radius 1 is 1.30 bits per heavy atom. The van der Waals surface area contributed by atoms with Crippen molar-refractivity contribution in [1.29, 1.82) is 0 Å². The number of carbonyl (C=O) groups is 1. The van der Waals surface area contributed by atoms with Gasteiger partial charge in [0.25, 0.3) is 11.8 Å². The van der Waals surface area contributed by atoms with Crippen molar-refractivity contribution >= 4 is 11.5 Å². The van der Waals surface area contributed by atoms with Crippen molar-refractivity contribution in [2.24, 2.45) is 0 Å². The first kappa shape index (κ1) is 15.3. The van der Waals surface area contributed by atoms with Crippen molar-refractivity contribution in [2.75, 3.05) is 19.7 Å². The summed E-state index contributed by atoms with van der Waals surface area (Å²) in [5, 5.41) is 3.71. The molecule has 1 aromatic heterocycles. The van der Waals surface area contributed by atoms with Gasteiger partial charge in [-0.15, -0.1) is 0 Å². The van der Waals surface area contributed by atoms with Crippen molar-refractivity contribution in [3.63, 3.8) is 0 Å². The highest BCUT2D eigenvalue weighted by Gasteiger charge is 2.18. The molecule has 5 heteroatoms. The minimum Gasteiger partial charge on any atom is -0.465 e. The van der Waals surface area contributed by atoms with Gasteiger partial charge in [-0.1, -0.05) is 35.9 Å². The minimum absolute atomic E-state index is 0.0142. The largest absolute Gasteiger partial charge is 0.465 e. The molecule has 3 rings (SSSR count). The van der Waals surface area contributed by atoms with Crippen LogP contribution in [0.2, 0.25) is 0 Å². The number of rotatable bonds is 4. The lowest BCUT2D eigenvalue weighted by Crippen LogP contribution is -2.37. The summed E-state index contributed by atoms with van der Waals surface area (Å²) in [5.41, 5.74) is 3.78. The fourth-order valence-corrected chi connectivity index (χ4v) is 2.56. The second kappa shape index (κ2) is 6.69. The Balaban J connectivity index is 1.55. The Morgan fingerprint density at radius 2 is 2.09 bits per heavy atom. The van der Waals surface area contributed by atoms with Gasteiger partial charge in [0, 0.05) is 19.2 Å². The summed E-state index contributed by atoms with van der Waals surface area (Å²) in [7, 11) is 0. The molecule has 2 aromatic rings. The molecule has 0 unspecified atom stereocenters. The molecule has 23 heavy (non-hydrogen) atoms. The highest BCUT2D eigenvalue weighted by atomic mass is 16.5. The third-order valence-corrected chi connectivity index (χ3v) is 3.93. The zero-order chi connectivity index (χ0) is 16.2. The van der Waals surface area contributed by atoms with E-state index in [1.54, 1.807) is 17.9 Å². The molecule has 0 atom stereocenters. The molecule has 0 saturated heterocycles. The zero-order valence-corrected chi connectivity index (χ0v) is 13.4. The fraction of sp³-hybridized carbons (Fsp3) is 0.333. The Bertz CT molecular complexity index is 716. The zero-order valence-electron chi connectivity index (χ0n) is 13.4. The van der Waals surface area contributed by atoms with Gasteiger partial charge < -0.3 is 14.2 Å². The number of amides is 1. The first-order chi connectivity index (χ1) is 11.1. The number of hydrogen-bond acceptors (Lipinski definition) is 4. The Morgan fingerprint density at radius 3 is 2.70 bits per heavy atom. The number of aromatic nitrogens is 1. The van der Waals surface area contributed by atoms with E-state index in [4.69, 9.17) is 9.26 Å². The quantitative estimate of drug-likeness (QED) is 0.871. The lowest BCUT2D eigenvalue weighted by molar-refractivity contribution is -0.133. The van der Waals surface area contributed by atoms with Gasteiger partial charge in [-0.05, 0) is 36.6 Å². The van der Waals surface area contributed by atoms with Crippen molar-refractivity contribution in [3.05, 3.63) is 53.3 Å². The van der Waals surface area contributed by atoms with Crippen LogP contribution in [0.25, 0.3) is 5.57 Å². The van der Waals surface area contributed by atoms with Crippen LogP contribution in [0.4, 0.5) is 0 Å². The monoisotopic (exact) mass is 312 g/mol. The van der Waals surface area contributed by atoms with Crippen LogP contribution in [-0.2, 0) is 4.79 Å². The molecule has 0 N–H and O–H groups in total. The van der Waals surface area contributed by atoms with Gasteiger partial charge >= 0.3 is 0 Å². The van der Waals surface area contributed by atoms with E-state index < -0.39 is 0 Å². The fourth-order valence-electron chi connectivity index (χ4n) is 2.56. The maximum absolute atomic E-state index is 12.2. The van der Waals surface area contributed by atoms with Crippen LogP contribution in [0.1, 0.15) is 23.3 Å². The molecule has 0 spiro atoms. The maximum Gasteiger partial charge on any atom is 0.260 e. The highest BCUT2D eigenvalue weighted by molar-refractivity contribution is 5.79. The SMILES string of the molecule is Cc1ccc(C2=CCN(C(=O)COc3cc(C)on3)CC2)cc1. The average molecular weight is 312 g/mol. The van der Waals surface area contributed by atoms with E-state index in [2.05, 4.69) is 42.4 Å². The summed E-state index contributed by atoms with van der Waals surface area (Å²) < 4.78 is 10.3. The summed E-state index contributed by atoms with van der Waals surface area (Å²) in [5.74, 6) is 0.977. The molecule has 0 bridgehead atoms. The predicted octanol–water partition coefficient (Wildman–Crippen LogP) is 2.99. The molecule has 5 nitrogen and oxygen atoms in total. The van der Waals surface area contributed by atoms with E-state index in [1.165, 1.54) is 16.7 Å². The normalized spacial score (nSPS) is 14.5. The molecule has 0 radical (unpaired) electrons. The van der Waals surface area contributed by atoms with Crippen LogP contribution in [0.15, 0.2) is 40.9 Å². The third-order valence-electron chi connectivity index (χ3n) is 3.93. The van der Waals surface area contributed by atoms with Gasteiger partial charge in [0.15, 0.2) is 6.61 Å². The topological polar surface area (TPSA) is 55.6 Å². The van der Waals surface area contributed by atoms with Crippen molar-refractivity contribution in [1.82, 2.24) is 10.1 Å². The predicted molar refractivity (Wildman–Crippen MR) is 87.1 cm³/mol. The first-order valence-electron chi connectivity index (χ1n) is 7.72. The lowest BCUT2D eigenvalue weighted by atomic mass is 9.98.